The van der Waals surface area contributed by atoms with Crippen LogP contribution in [-0.2, 0) is 6.54 Å². The molecule has 1 fully saturated rings. The van der Waals surface area contributed by atoms with Gasteiger partial charge in [-0.05, 0) is 25.2 Å². The van der Waals surface area contributed by atoms with Gasteiger partial charge in [0.15, 0.2) is 0 Å². The molecule has 0 saturated heterocycles. The fraction of sp³-hybridized carbons (Fsp3) is 0.692. The van der Waals surface area contributed by atoms with Gasteiger partial charge in [-0.25, -0.2) is 4.98 Å². The van der Waals surface area contributed by atoms with Crippen LogP contribution in [0.15, 0.2) is 17.2 Å². The first-order valence-corrected chi connectivity index (χ1v) is 6.55. The number of nitrogens with two attached hydrogens (primary N) is 1. The Kier molecular flexibility index (Phi) is 4.01. The summed E-state index contributed by atoms with van der Waals surface area (Å²) in [5.41, 5.74) is 5.77. The molecule has 1 aliphatic carbocycles. The SMILES string of the molecule is CC(C)Cn1ccnc(OC2CCCC2N)c1=O. The van der Waals surface area contributed by atoms with Crippen LogP contribution >= 0.6 is 0 Å². The molecule has 0 spiro atoms. The van der Waals surface area contributed by atoms with E-state index in [0.717, 1.165) is 19.3 Å². The summed E-state index contributed by atoms with van der Waals surface area (Å²) < 4.78 is 7.32. The molecule has 5 heteroatoms. The first kappa shape index (κ1) is 13.1. The van der Waals surface area contributed by atoms with Crippen molar-refractivity contribution in [2.45, 2.75) is 51.8 Å². The van der Waals surface area contributed by atoms with Crippen molar-refractivity contribution in [3.8, 4) is 5.88 Å². The molecule has 1 aromatic rings. The van der Waals surface area contributed by atoms with Crippen molar-refractivity contribution >= 4 is 0 Å². The molecule has 0 aromatic carbocycles. The lowest BCUT2D eigenvalue weighted by Gasteiger charge is -2.17. The Hall–Kier alpha value is -1.36. The quantitative estimate of drug-likeness (QED) is 0.871. The van der Waals surface area contributed by atoms with Crippen LogP contribution in [0.3, 0.4) is 0 Å². The van der Waals surface area contributed by atoms with Gasteiger partial charge >= 0.3 is 5.56 Å². The summed E-state index contributed by atoms with van der Waals surface area (Å²) in [5, 5.41) is 0. The monoisotopic (exact) mass is 251 g/mol. The molecule has 0 radical (unpaired) electrons. The van der Waals surface area contributed by atoms with Crippen molar-refractivity contribution < 1.29 is 4.74 Å². The second-order valence-electron chi connectivity index (χ2n) is 5.33. The largest absolute Gasteiger partial charge is 0.469 e. The topological polar surface area (TPSA) is 70.1 Å². The molecular formula is C13H21N3O2. The van der Waals surface area contributed by atoms with Crippen LogP contribution < -0.4 is 16.0 Å². The number of aromatic nitrogens is 2. The molecule has 0 bridgehead atoms. The Morgan fingerprint density at radius 2 is 2.33 bits per heavy atom. The molecule has 1 heterocycles. The van der Waals surface area contributed by atoms with E-state index >= 15 is 0 Å². The Bertz CT molecular complexity index is 456. The summed E-state index contributed by atoms with van der Waals surface area (Å²) in [6.45, 7) is 4.81. The molecule has 1 aliphatic rings. The van der Waals surface area contributed by atoms with Crippen molar-refractivity contribution in [3.05, 3.63) is 22.7 Å². The van der Waals surface area contributed by atoms with Crippen LogP contribution in [0.1, 0.15) is 33.1 Å². The molecule has 2 N–H and O–H groups in total. The summed E-state index contributed by atoms with van der Waals surface area (Å²) in [7, 11) is 0. The number of nitrogens with zero attached hydrogens (tertiary/aromatic N) is 2. The second-order valence-corrected chi connectivity index (χ2v) is 5.33. The Morgan fingerprint density at radius 3 is 2.94 bits per heavy atom. The fourth-order valence-electron chi connectivity index (χ4n) is 2.29. The highest BCUT2D eigenvalue weighted by Crippen LogP contribution is 2.20. The molecule has 5 nitrogen and oxygen atoms in total. The highest BCUT2D eigenvalue weighted by Gasteiger charge is 2.27. The lowest BCUT2D eigenvalue weighted by atomic mass is 10.2. The molecule has 2 unspecified atom stereocenters. The molecule has 2 rings (SSSR count). The van der Waals surface area contributed by atoms with Crippen molar-refractivity contribution in [3.63, 3.8) is 0 Å². The lowest BCUT2D eigenvalue weighted by Crippen LogP contribution is -2.36. The van der Waals surface area contributed by atoms with Gasteiger partial charge in [-0.2, -0.15) is 0 Å². The zero-order valence-electron chi connectivity index (χ0n) is 11.0. The maximum Gasteiger partial charge on any atom is 0.313 e. The van der Waals surface area contributed by atoms with Gasteiger partial charge in [0.05, 0.1) is 0 Å². The van der Waals surface area contributed by atoms with E-state index in [9.17, 15) is 4.79 Å². The van der Waals surface area contributed by atoms with Gasteiger partial charge in [0.2, 0.25) is 0 Å². The molecular weight excluding hydrogens is 230 g/mol. The highest BCUT2D eigenvalue weighted by atomic mass is 16.5. The maximum atomic E-state index is 12.1. The van der Waals surface area contributed by atoms with Gasteiger partial charge in [-0.15, -0.1) is 0 Å². The second kappa shape index (κ2) is 5.52. The van der Waals surface area contributed by atoms with Gasteiger partial charge in [0, 0.05) is 25.0 Å². The summed E-state index contributed by atoms with van der Waals surface area (Å²) in [6.07, 6.45) is 6.15. The third kappa shape index (κ3) is 2.90. The van der Waals surface area contributed by atoms with Crippen LogP contribution in [0.5, 0.6) is 5.88 Å². The number of hydrogen-bond donors (Lipinski definition) is 1. The lowest BCUT2D eigenvalue weighted by molar-refractivity contribution is 0.179. The van der Waals surface area contributed by atoms with Crippen LogP contribution in [0, 0.1) is 5.92 Å². The predicted octanol–water partition coefficient (Wildman–Crippen LogP) is 1.16. The predicted molar refractivity (Wildman–Crippen MR) is 69.6 cm³/mol. The van der Waals surface area contributed by atoms with Gasteiger partial charge in [-0.1, -0.05) is 13.8 Å². The minimum atomic E-state index is -0.162. The van der Waals surface area contributed by atoms with E-state index in [0.29, 0.717) is 12.5 Å². The Labute approximate surface area is 107 Å². The van der Waals surface area contributed by atoms with Crippen molar-refractivity contribution in [2.75, 3.05) is 0 Å². The maximum absolute atomic E-state index is 12.1. The minimum absolute atomic E-state index is 0.0185. The summed E-state index contributed by atoms with van der Waals surface area (Å²) in [6, 6.07) is 0.0185. The third-order valence-corrected chi connectivity index (χ3v) is 3.21. The molecule has 1 aromatic heterocycles. The van der Waals surface area contributed by atoms with Gasteiger partial charge in [-0.3, -0.25) is 4.79 Å². The van der Waals surface area contributed by atoms with Crippen molar-refractivity contribution in [1.29, 1.82) is 0 Å². The van der Waals surface area contributed by atoms with Crippen LogP contribution in [0.25, 0.3) is 0 Å². The van der Waals surface area contributed by atoms with Gasteiger partial charge in [0.25, 0.3) is 5.88 Å². The van der Waals surface area contributed by atoms with Crippen molar-refractivity contribution in [2.24, 2.45) is 11.7 Å². The molecule has 100 valence electrons. The van der Waals surface area contributed by atoms with E-state index in [4.69, 9.17) is 10.5 Å². The Balaban J connectivity index is 2.15. The minimum Gasteiger partial charge on any atom is -0.469 e. The first-order chi connectivity index (χ1) is 8.58. The fourth-order valence-corrected chi connectivity index (χ4v) is 2.29. The summed E-state index contributed by atoms with van der Waals surface area (Å²) in [4.78, 5) is 16.2. The van der Waals surface area contributed by atoms with E-state index in [-0.39, 0.29) is 23.6 Å². The van der Waals surface area contributed by atoms with Crippen molar-refractivity contribution in [1.82, 2.24) is 9.55 Å². The summed E-state index contributed by atoms with van der Waals surface area (Å²) in [5.74, 6) is 0.590. The zero-order chi connectivity index (χ0) is 13.1. The number of ether oxygens (including phenoxy) is 1. The van der Waals surface area contributed by atoms with Crippen LogP contribution in [0.2, 0.25) is 0 Å². The zero-order valence-corrected chi connectivity index (χ0v) is 11.0. The molecule has 1 saturated carbocycles. The summed E-state index contributed by atoms with van der Waals surface area (Å²) >= 11 is 0. The third-order valence-electron chi connectivity index (χ3n) is 3.21. The van der Waals surface area contributed by atoms with E-state index < -0.39 is 0 Å². The van der Waals surface area contributed by atoms with Crippen LogP contribution in [-0.4, -0.2) is 21.7 Å². The molecule has 18 heavy (non-hydrogen) atoms. The van der Waals surface area contributed by atoms with Gasteiger partial charge in [0.1, 0.15) is 6.10 Å². The first-order valence-electron chi connectivity index (χ1n) is 6.55. The van der Waals surface area contributed by atoms with E-state index in [2.05, 4.69) is 18.8 Å². The standard InChI is InChI=1S/C13H21N3O2/c1-9(2)8-16-7-6-15-12(13(16)17)18-11-5-3-4-10(11)14/h6-7,9-11H,3-5,8,14H2,1-2H3. The average molecular weight is 251 g/mol. The smallest absolute Gasteiger partial charge is 0.313 e. The van der Waals surface area contributed by atoms with E-state index in [1.165, 1.54) is 0 Å². The normalized spacial score (nSPS) is 23.6. The van der Waals surface area contributed by atoms with Gasteiger partial charge < -0.3 is 15.0 Å². The molecule has 0 aliphatic heterocycles. The number of rotatable bonds is 4. The molecule has 2 atom stereocenters. The van der Waals surface area contributed by atoms with Crippen LogP contribution in [0.4, 0.5) is 0 Å². The average Bonchev–Trinajstić information content (AvgIpc) is 2.70. The Morgan fingerprint density at radius 1 is 1.56 bits per heavy atom. The van der Waals surface area contributed by atoms with E-state index in [1.54, 1.807) is 17.0 Å². The highest BCUT2D eigenvalue weighted by molar-refractivity contribution is 5.06. The number of hydrogen-bond acceptors (Lipinski definition) is 4. The molecule has 0 amide bonds. The van der Waals surface area contributed by atoms with E-state index in [1.807, 2.05) is 0 Å².